The first-order chi connectivity index (χ1) is 19.2. The third kappa shape index (κ3) is 31.7. The second-order valence-electron chi connectivity index (χ2n) is 11.7. The molecule has 0 bridgehead atoms. The van der Waals surface area contributed by atoms with Crippen molar-refractivity contribution in [3.05, 3.63) is 0 Å². The maximum atomic E-state index is 11.9. The number of hydrogen-bond donors (Lipinski definition) is 2. The van der Waals surface area contributed by atoms with Crippen molar-refractivity contribution in [2.75, 3.05) is 40.0 Å². The van der Waals surface area contributed by atoms with Crippen LogP contribution in [0.4, 0.5) is 0 Å². The zero-order valence-electron chi connectivity index (χ0n) is 26.8. The van der Waals surface area contributed by atoms with E-state index in [-0.39, 0.29) is 12.0 Å². The van der Waals surface area contributed by atoms with Gasteiger partial charge in [0.2, 0.25) is 5.91 Å². The van der Waals surface area contributed by atoms with Crippen LogP contribution in [0.2, 0.25) is 0 Å². The number of nitrogens with one attached hydrogen (secondary N) is 2. The van der Waals surface area contributed by atoms with Crippen LogP contribution in [-0.4, -0.2) is 52.0 Å². The second kappa shape index (κ2) is 33.6. The molecule has 5 heteroatoms. The Morgan fingerprint density at radius 1 is 0.564 bits per heavy atom. The lowest BCUT2D eigenvalue weighted by Crippen LogP contribution is -2.40. The van der Waals surface area contributed by atoms with Crippen LogP contribution in [0.3, 0.4) is 0 Å². The molecule has 1 atom stereocenters. The van der Waals surface area contributed by atoms with Crippen molar-refractivity contribution in [1.82, 2.24) is 10.6 Å². The zero-order chi connectivity index (χ0) is 28.5. The van der Waals surface area contributed by atoms with Crippen molar-refractivity contribution in [3.63, 3.8) is 0 Å². The van der Waals surface area contributed by atoms with E-state index in [2.05, 4.69) is 24.5 Å². The Hall–Kier alpha value is -0.650. The Bertz CT molecular complexity index is 475. The van der Waals surface area contributed by atoms with Crippen LogP contribution in [0, 0.1) is 0 Å². The monoisotopic (exact) mass is 555 g/mol. The van der Waals surface area contributed by atoms with E-state index in [0.717, 1.165) is 26.1 Å². The summed E-state index contributed by atoms with van der Waals surface area (Å²) in [5.74, 6) is 0.0115. The molecule has 1 amide bonds. The predicted molar refractivity (Wildman–Crippen MR) is 170 cm³/mol. The number of rotatable bonds is 33. The second-order valence-corrected chi connectivity index (χ2v) is 11.7. The normalized spacial score (nSPS) is 12.2. The van der Waals surface area contributed by atoms with Gasteiger partial charge in [0.15, 0.2) is 0 Å². The molecule has 5 nitrogen and oxygen atoms in total. The van der Waals surface area contributed by atoms with E-state index < -0.39 is 0 Å². The zero-order valence-corrected chi connectivity index (χ0v) is 26.8. The molecule has 39 heavy (non-hydrogen) atoms. The molecule has 0 aliphatic heterocycles. The molecule has 0 fully saturated rings. The minimum atomic E-state index is -0.0594. The maximum Gasteiger partial charge on any atom is 0.234 e. The lowest BCUT2D eigenvalue weighted by atomic mass is 10.1. The number of hydrogen-bond acceptors (Lipinski definition) is 4. The molecule has 0 spiro atoms. The van der Waals surface area contributed by atoms with E-state index >= 15 is 0 Å². The highest BCUT2D eigenvalue weighted by molar-refractivity contribution is 5.77. The number of carbonyl (C=O) groups is 1. The minimum absolute atomic E-state index is 0.0115. The van der Waals surface area contributed by atoms with E-state index in [1.807, 2.05) is 0 Å². The lowest BCUT2D eigenvalue weighted by molar-refractivity contribution is -0.121. The number of amides is 1. The van der Waals surface area contributed by atoms with Gasteiger partial charge in [-0.2, -0.15) is 0 Å². The number of unbranched alkanes of at least 4 members (excludes halogenated alkanes) is 22. The summed E-state index contributed by atoms with van der Waals surface area (Å²) in [6.45, 7) is 7.54. The first kappa shape index (κ1) is 38.4. The fourth-order valence-corrected chi connectivity index (χ4v) is 5.07. The molecule has 0 aliphatic rings. The van der Waals surface area contributed by atoms with Gasteiger partial charge in [0.1, 0.15) is 0 Å². The highest BCUT2D eigenvalue weighted by Gasteiger charge is 2.11. The summed E-state index contributed by atoms with van der Waals surface area (Å²) in [6.07, 6.45) is 32.3. The number of carbonyl (C=O) groups excluding carboxylic acids is 1. The lowest BCUT2D eigenvalue weighted by Gasteiger charge is -2.19. The minimum Gasteiger partial charge on any atom is -0.379 e. The van der Waals surface area contributed by atoms with E-state index in [1.165, 1.54) is 141 Å². The Morgan fingerprint density at radius 2 is 0.949 bits per heavy atom. The summed E-state index contributed by atoms with van der Waals surface area (Å²) in [7, 11) is 1.79. The van der Waals surface area contributed by atoms with Gasteiger partial charge in [-0.3, -0.25) is 4.79 Å². The molecule has 0 aromatic rings. The fraction of sp³-hybridized carbons (Fsp3) is 0.971. The summed E-state index contributed by atoms with van der Waals surface area (Å²) in [6, 6.07) is 0. The average Bonchev–Trinajstić information content (AvgIpc) is 2.94. The van der Waals surface area contributed by atoms with E-state index in [1.54, 1.807) is 7.05 Å². The van der Waals surface area contributed by atoms with Crippen molar-refractivity contribution in [2.45, 2.75) is 174 Å². The smallest absolute Gasteiger partial charge is 0.234 e. The third-order valence-electron chi connectivity index (χ3n) is 7.66. The van der Waals surface area contributed by atoms with Crippen LogP contribution in [0.25, 0.3) is 0 Å². The van der Waals surface area contributed by atoms with Crippen LogP contribution in [0.1, 0.15) is 168 Å². The molecule has 0 aromatic heterocycles. The van der Waals surface area contributed by atoms with Gasteiger partial charge >= 0.3 is 0 Å². The van der Waals surface area contributed by atoms with Crippen molar-refractivity contribution in [2.24, 2.45) is 0 Å². The molecule has 0 aliphatic carbocycles. The Kier molecular flexibility index (Phi) is 33.0. The van der Waals surface area contributed by atoms with Crippen molar-refractivity contribution in [1.29, 1.82) is 0 Å². The van der Waals surface area contributed by atoms with E-state index in [4.69, 9.17) is 9.47 Å². The van der Waals surface area contributed by atoms with Gasteiger partial charge in [-0.1, -0.05) is 155 Å². The van der Waals surface area contributed by atoms with Crippen LogP contribution >= 0.6 is 0 Å². The van der Waals surface area contributed by atoms with Crippen molar-refractivity contribution >= 4 is 5.91 Å². The quantitative estimate of drug-likeness (QED) is 0.0794. The SMILES string of the molecule is CCCCCCCCCCCCCCOCC(CNC(=O)CNC)OCCCCCCCCCCCCCC. The van der Waals surface area contributed by atoms with Crippen molar-refractivity contribution < 1.29 is 14.3 Å². The van der Waals surface area contributed by atoms with Crippen molar-refractivity contribution in [3.8, 4) is 0 Å². The Labute approximate surface area is 244 Å². The third-order valence-corrected chi connectivity index (χ3v) is 7.66. The molecule has 0 saturated heterocycles. The summed E-state index contributed by atoms with van der Waals surface area (Å²) >= 11 is 0. The van der Waals surface area contributed by atoms with Gasteiger partial charge in [-0.25, -0.2) is 0 Å². The molecule has 0 rings (SSSR count). The van der Waals surface area contributed by atoms with Crippen LogP contribution in [0.15, 0.2) is 0 Å². The standard InChI is InChI=1S/C34H70N2O3/c1-4-6-8-10-12-14-16-18-20-22-24-26-28-38-32-33(30-36-34(37)31-35-3)39-29-27-25-23-21-19-17-15-13-11-9-7-5-2/h33,35H,4-32H2,1-3H3,(H,36,37). The van der Waals surface area contributed by atoms with Gasteiger partial charge in [0, 0.05) is 19.8 Å². The Balaban J connectivity index is 3.75. The molecule has 0 heterocycles. The fourth-order valence-electron chi connectivity index (χ4n) is 5.07. The molecule has 234 valence electrons. The van der Waals surface area contributed by atoms with Crippen LogP contribution in [-0.2, 0) is 14.3 Å². The summed E-state index contributed by atoms with van der Waals surface area (Å²) in [5.41, 5.74) is 0. The van der Waals surface area contributed by atoms with Gasteiger partial charge in [0.05, 0.1) is 19.3 Å². The highest BCUT2D eigenvalue weighted by atomic mass is 16.5. The summed E-state index contributed by atoms with van der Waals surface area (Å²) in [5, 5.41) is 5.87. The first-order valence-corrected chi connectivity index (χ1v) is 17.3. The van der Waals surface area contributed by atoms with Gasteiger partial charge in [-0.15, -0.1) is 0 Å². The molecular weight excluding hydrogens is 484 g/mol. The largest absolute Gasteiger partial charge is 0.379 e. The molecule has 2 N–H and O–H groups in total. The molecule has 1 unspecified atom stereocenters. The van der Waals surface area contributed by atoms with E-state index in [9.17, 15) is 4.79 Å². The van der Waals surface area contributed by atoms with Crippen LogP contribution < -0.4 is 10.6 Å². The van der Waals surface area contributed by atoms with Gasteiger partial charge in [0.25, 0.3) is 0 Å². The number of ether oxygens (including phenoxy) is 2. The highest BCUT2D eigenvalue weighted by Crippen LogP contribution is 2.13. The maximum absolute atomic E-state index is 11.9. The van der Waals surface area contributed by atoms with Gasteiger partial charge < -0.3 is 20.1 Å². The van der Waals surface area contributed by atoms with Crippen LogP contribution in [0.5, 0.6) is 0 Å². The molecule has 0 radical (unpaired) electrons. The average molecular weight is 555 g/mol. The summed E-state index contributed by atoms with van der Waals surface area (Å²) < 4.78 is 12.1. The molecule has 0 aromatic carbocycles. The van der Waals surface area contributed by atoms with E-state index in [0.29, 0.717) is 19.7 Å². The molecule has 0 saturated carbocycles. The first-order valence-electron chi connectivity index (χ1n) is 17.3. The predicted octanol–water partition coefficient (Wildman–Crippen LogP) is 9.13. The Morgan fingerprint density at radius 3 is 1.36 bits per heavy atom. The van der Waals surface area contributed by atoms with Gasteiger partial charge in [-0.05, 0) is 19.9 Å². The topological polar surface area (TPSA) is 59.6 Å². The number of likely N-dealkylation sites (N-methyl/N-ethyl adjacent to an activating group) is 1. The molecular formula is C34H70N2O3. The summed E-state index contributed by atoms with van der Waals surface area (Å²) in [4.78, 5) is 11.9.